The van der Waals surface area contributed by atoms with Crippen LogP contribution in [-0.2, 0) is 6.61 Å². The molecule has 20 heavy (non-hydrogen) atoms. The predicted octanol–water partition coefficient (Wildman–Crippen LogP) is 3.05. The summed E-state index contributed by atoms with van der Waals surface area (Å²) in [6, 6.07) is 11.0. The smallest absolute Gasteiger partial charge is 0.131 e. The van der Waals surface area contributed by atoms with Gasteiger partial charge >= 0.3 is 0 Å². The maximum Gasteiger partial charge on any atom is 0.131 e. The summed E-state index contributed by atoms with van der Waals surface area (Å²) in [4.78, 5) is 0. The zero-order chi connectivity index (χ0) is 14.5. The van der Waals surface area contributed by atoms with Crippen LogP contribution in [0.2, 0.25) is 5.02 Å². The Labute approximate surface area is 121 Å². The molecule has 0 saturated carbocycles. The van der Waals surface area contributed by atoms with Gasteiger partial charge in [0, 0.05) is 11.1 Å². The van der Waals surface area contributed by atoms with E-state index in [1.165, 1.54) is 12.1 Å². The van der Waals surface area contributed by atoms with Crippen molar-refractivity contribution in [3.8, 4) is 5.75 Å². The molecule has 0 fully saturated rings. The fourth-order valence-corrected chi connectivity index (χ4v) is 2.05. The van der Waals surface area contributed by atoms with Crippen LogP contribution in [0.15, 0.2) is 42.5 Å². The van der Waals surface area contributed by atoms with Gasteiger partial charge in [0.1, 0.15) is 18.2 Å². The molecule has 5 heteroatoms. The fraction of sp³-hybridized carbons (Fsp3) is 0.200. The molecule has 0 aliphatic heterocycles. The van der Waals surface area contributed by atoms with Crippen LogP contribution >= 0.6 is 11.6 Å². The van der Waals surface area contributed by atoms with Gasteiger partial charge in [0.25, 0.3) is 0 Å². The third kappa shape index (κ3) is 3.28. The number of rotatable bonds is 5. The van der Waals surface area contributed by atoms with Crippen LogP contribution in [0.4, 0.5) is 4.39 Å². The van der Waals surface area contributed by atoms with E-state index in [2.05, 4.69) is 0 Å². The van der Waals surface area contributed by atoms with E-state index in [1.807, 2.05) is 0 Å². The zero-order valence-electron chi connectivity index (χ0n) is 10.7. The lowest BCUT2D eigenvalue weighted by Crippen LogP contribution is -2.15. The first kappa shape index (κ1) is 14.8. The van der Waals surface area contributed by atoms with Crippen LogP contribution in [0, 0.1) is 5.82 Å². The molecule has 0 aromatic heterocycles. The summed E-state index contributed by atoms with van der Waals surface area (Å²) in [5.41, 5.74) is 6.76. The molecule has 0 amide bonds. The Morgan fingerprint density at radius 1 is 1.20 bits per heavy atom. The highest BCUT2D eigenvalue weighted by Crippen LogP contribution is 2.26. The summed E-state index contributed by atoms with van der Waals surface area (Å²) in [5, 5.41) is 9.44. The Hall–Kier alpha value is -1.62. The molecular formula is C15H15ClFNO2. The van der Waals surface area contributed by atoms with Gasteiger partial charge < -0.3 is 15.6 Å². The van der Waals surface area contributed by atoms with E-state index in [1.54, 1.807) is 30.3 Å². The maximum absolute atomic E-state index is 13.6. The van der Waals surface area contributed by atoms with Gasteiger partial charge in [-0.1, -0.05) is 35.9 Å². The fourth-order valence-electron chi connectivity index (χ4n) is 1.84. The van der Waals surface area contributed by atoms with Crippen LogP contribution in [0.3, 0.4) is 0 Å². The average Bonchev–Trinajstić information content (AvgIpc) is 2.46. The molecule has 1 atom stereocenters. The summed E-state index contributed by atoms with van der Waals surface area (Å²) >= 11 is 5.94. The van der Waals surface area contributed by atoms with E-state index in [4.69, 9.17) is 27.2 Å². The number of nitrogens with two attached hydrogens (primary N) is 1. The normalized spacial score (nSPS) is 12.2. The molecule has 0 spiro atoms. The molecule has 0 unspecified atom stereocenters. The van der Waals surface area contributed by atoms with Crippen molar-refractivity contribution in [3.63, 3.8) is 0 Å². The van der Waals surface area contributed by atoms with E-state index in [-0.39, 0.29) is 13.2 Å². The summed E-state index contributed by atoms with van der Waals surface area (Å²) in [5.74, 6) is 0.0924. The van der Waals surface area contributed by atoms with E-state index < -0.39 is 11.9 Å². The van der Waals surface area contributed by atoms with Crippen LogP contribution < -0.4 is 10.5 Å². The van der Waals surface area contributed by atoms with E-state index >= 15 is 0 Å². The SMILES string of the molecule is N[C@H](CO)c1ccccc1OCc1c(F)cccc1Cl. The van der Waals surface area contributed by atoms with E-state index in [9.17, 15) is 4.39 Å². The Balaban J connectivity index is 2.19. The largest absolute Gasteiger partial charge is 0.488 e. The van der Waals surface area contributed by atoms with Crippen LogP contribution in [0.5, 0.6) is 5.75 Å². The molecule has 0 aliphatic carbocycles. The second-order valence-corrected chi connectivity index (χ2v) is 4.72. The van der Waals surface area contributed by atoms with Crippen molar-refractivity contribution in [2.24, 2.45) is 5.73 Å². The second-order valence-electron chi connectivity index (χ2n) is 4.32. The maximum atomic E-state index is 13.6. The van der Waals surface area contributed by atoms with Crippen molar-refractivity contribution >= 4 is 11.6 Å². The van der Waals surface area contributed by atoms with Gasteiger partial charge in [-0.25, -0.2) is 4.39 Å². The minimum atomic E-state index is -0.540. The molecule has 0 heterocycles. The molecule has 3 nitrogen and oxygen atoms in total. The highest BCUT2D eigenvalue weighted by molar-refractivity contribution is 6.31. The van der Waals surface area contributed by atoms with Gasteiger partial charge in [0.2, 0.25) is 0 Å². The lowest BCUT2D eigenvalue weighted by molar-refractivity contribution is 0.256. The van der Waals surface area contributed by atoms with Crippen molar-refractivity contribution in [1.29, 1.82) is 0 Å². The first-order valence-corrected chi connectivity index (χ1v) is 6.52. The Bertz CT molecular complexity index is 572. The minimum Gasteiger partial charge on any atom is -0.488 e. The minimum absolute atomic E-state index is 0.000663. The van der Waals surface area contributed by atoms with Crippen LogP contribution in [0.1, 0.15) is 17.2 Å². The zero-order valence-corrected chi connectivity index (χ0v) is 11.5. The second kappa shape index (κ2) is 6.70. The van der Waals surface area contributed by atoms with Gasteiger partial charge in [0.05, 0.1) is 17.7 Å². The summed E-state index contributed by atoms with van der Waals surface area (Å²) in [6.07, 6.45) is 0. The molecule has 0 aliphatic rings. The standard InChI is InChI=1S/C15H15ClFNO2/c16-12-5-3-6-13(17)11(12)9-20-15-7-2-1-4-10(15)14(18)8-19/h1-7,14,19H,8-9,18H2/t14-/m1/s1. The van der Waals surface area contributed by atoms with Gasteiger partial charge in [-0.05, 0) is 18.2 Å². The molecule has 0 radical (unpaired) electrons. The van der Waals surface area contributed by atoms with Crippen LogP contribution in [-0.4, -0.2) is 11.7 Å². The quantitative estimate of drug-likeness (QED) is 0.891. The van der Waals surface area contributed by atoms with E-state index in [0.29, 0.717) is 21.9 Å². The Morgan fingerprint density at radius 3 is 2.65 bits per heavy atom. The highest BCUT2D eigenvalue weighted by atomic mass is 35.5. The van der Waals surface area contributed by atoms with Crippen molar-refractivity contribution < 1.29 is 14.2 Å². The van der Waals surface area contributed by atoms with Gasteiger partial charge in [-0.3, -0.25) is 0 Å². The lowest BCUT2D eigenvalue weighted by atomic mass is 10.1. The molecule has 2 rings (SSSR count). The summed E-state index contributed by atoms with van der Waals surface area (Å²) in [6.45, 7) is -0.193. The first-order chi connectivity index (χ1) is 9.63. The van der Waals surface area contributed by atoms with Crippen molar-refractivity contribution in [2.75, 3.05) is 6.61 Å². The van der Waals surface area contributed by atoms with Gasteiger partial charge in [-0.2, -0.15) is 0 Å². The molecule has 2 aromatic carbocycles. The predicted molar refractivity (Wildman–Crippen MR) is 76.2 cm³/mol. The number of aliphatic hydroxyl groups is 1. The number of ether oxygens (including phenoxy) is 1. The van der Waals surface area contributed by atoms with Crippen LogP contribution in [0.25, 0.3) is 0 Å². The van der Waals surface area contributed by atoms with Crippen molar-refractivity contribution in [1.82, 2.24) is 0 Å². The Morgan fingerprint density at radius 2 is 1.95 bits per heavy atom. The number of hydrogen-bond donors (Lipinski definition) is 2. The lowest BCUT2D eigenvalue weighted by Gasteiger charge is -2.15. The third-order valence-corrected chi connectivity index (χ3v) is 3.30. The molecule has 106 valence electrons. The number of halogens is 2. The molecule has 3 N–H and O–H groups in total. The third-order valence-electron chi connectivity index (χ3n) is 2.95. The molecule has 2 aromatic rings. The van der Waals surface area contributed by atoms with Gasteiger partial charge in [0.15, 0.2) is 0 Å². The van der Waals surface area contributed by atoms with E-state index in [0.717, 1.165) is 0 Å². The highest BCUT2D eigenvalue weighted by Gasteiger charge is 2.13. The number of aliphatic hydroxyl groups excluding tert-OH is 1. The van der Waals surface area contributed by atoms with Crippen molar-refractivity contribution in [3.05, 3.63) is 64.4 Å². The van der Waals surface area contributed by atoms with Gasteiger partial charge in [-0.15, -0.1) is 0 Å². The molecule has 0 bridgehead atoms. The number of para-hydroxylation sites is 1. The monoisotopic (exact) mass is 295 g/mol. The average molecular weight is 296 g/mol. The first-order valence-electron chi connectivity index (χ1n) is 6.14. The number of benzene rings is 2. The number of hydrogen-bond acceptors (Lipinski definition) is 3. The Kier molecular flexibility index (Phi) is 4.95. The molecule has 0 saturated heterocycles. The topological polar surface area (TPSA) is 55.5 Å². The summed E-state index contributed by atoms with van der Waals surface area (Å²) < 4.78 is 19.2. The molecular weight excluding hydrogens is 281 g/mol. The summed E-state index contributed by atoms with van der Waals surface area (Å²) in [7, 11) is 0. The van der Waals surface area contributed by atoms with Crippen molar-refractivity contribution in [2.45, 2.75) is 12.6 Å².